The molecule has 1 unspecified atom stereocenters. The van der Waals surface area contributed by atoms with E-state index in [0.717, 1.165) is 6.42 Å². The lowest BCUT2D eigenvalue weighted by Crippen LogP contribution is -2.40. The molecule has 1 atom stereocenters. The van der Waals surface area contributed by atoms with Crippen LogP contribution in [0.5, 0.6) is 0 Å². The van der Waals surface area contributed by atoms with Crippen LogP contribution in [0.2, 0.25) is 0 Å². The summed E-state index contributed by atoms with van der Waals surface area (Å²) in [6.45, 7) is 9.29. The molecule has 0 fully saturated rings. The highest BCUT2D eigenvalue weighted by Crippen LogP contribution is 2.14. The summed E-state index contributed by atoms with van der Waals surface area (Å²) in [6.07, 6.45) is 1.51. The van der Waals surface area contributed by atoms with E-state index in [1.807, 2.05) is 13.8 Å². The zero-order chi connectivity index (χ0) is 13.5. The Kier molecular flexibility index (Phi) is 7.39. The van der Waals surface area contributed by atoms with Crippen LogP contribution in [0.25, 0.3) is 0 Å². The molecular weight excluding hydrogens is 216 g/mol. The Bertz CT molecular complexity index is 227. The minimum atomic E-state index is -0.314. The van der Waals surface area contributed by atoms with E-state index in [4.69, 9.17) is 10.5 Å². The van der Waals surface area contributed by atoms with Gasteiger partial charge in [-0.25, -0.2) is 0 Å². The van der Waals surface area contributed by atoms with Gasteiger partial charge >= 0.3 is 0 Å². The van der Waals surface area contributed by atoms with Crippen LogP contribution in [-0.2, 0) is 9.53 Å². The molecule has 0 aromatic heterocycles. The number of methoxy groups -OCH3 is 1. The average Bonchev–Trinajstić information content (AvgIpc) is 2.25. The zero-order valence-electron chi connectivity index (χ0n) is 11.9. The first-order valence-corrected chi connectivity index (χ1v) is 6.32. The topological polar surface area (TPSA) is 64.3 Å². The van der Waals surface area contributed by atoms with Gasteiger partial charge in [0, 0.05) is 20.1 Å². The van der Waals surface area contributed by atoms with E-state index >= 15 is 0 Å². The first-order valence-electron chi connectivity index (χ1n) is 6.32. The summed E-state index contributed by atoms with van der Waals surface area (Å²) in [7, 11) is 1.65. The van der Waals surface area contributed by atoms with Gasteiger partial charge in [-0.05, 0) is 38.6 Å². The maximum atomic E-state index is 11.7. The van der Waals surface area contributed by atoms with E-state index in [9.17, 15) is 4.79 Å². The van der Waals surface area contributed by atoms with Crippen molar-refractivity contribution in [3.8, 4) is 0 Å². The lowest BCUT2D eigenvalue weighted by atomic mass is 9.94. The van der Waals surface area contributed by atoms with Crippen molar-refractivity contribution >= 4 is 5.91 Å². The molecule has 17 heavy (non-hydrogen) atoms. The molecule has 3 N–H and O–H groups in total. The smallest absolute Gasteiger partial charge is 0.220 e. The van der Waals surface area contributed by atoms with Crippen LogP contribution < -0.4 is 11.1 Å². The summed E-state index contributed by atoms with van der Waals surface area (Å²) in [6, 6.07) is 0. The Morgan fingerprint density at radius 1 is 1.41 bits per heavy atom. The molecule has 0 aromatic carbocycles. The van der Waals surface area contributed by atoms with Crippen molar-refractivity contribution < 1.29 is 9.53 Å². The number of ether oxygens (including phenoxy) is 1. The molecule has 1 amide bonds. The van der Waals surface area contributed by atoms with Crippen molar-refractivity contribution in [3.63, 3.8) is 0 Å². The second kappa shape index (κ2) is 7.67. The van der Waals surface area contributed by atoms with Gasteiger partial charge in [0.1, 0.15) is 0 Å². The molecule has 0 spiro atoms. The Balaban J connectivity index is 3.99. The first-order chi connectivity index (χ1) is 7.80. The van der Waals surface area contributed by atoms with Crippen molar-refractivity contribution in [2.45, 2.75) is 46.1 Å². The van der Waals surface area contributed by atoms with Crippen LogP contribution in [0.3, 0.4) is 0 Å². The molecule has 0 aromatic rings. The largest absolute Gasteiger partial charge is 0.377 e. The molecule has 0 saturated carbocycles. The monoisotopic (exact) mass is 244 g/mol. The molecule has 102 valence electrons. The van der Waals surface area contributed by atoms with Crippen molar-refractivity contribution in [3.05, 3.63) is 0 Å². The van der Waals surface area contributed by atoms with Gasteiger partial charge < -0.3 is 15.8 Å². The maximum absolute atomic E-state index is 11.7. The minimum Gasteiger partial charge on any atom is -0.377 e. The first kappa shape index (κ1) is 16.4. The number of nitrogens with two attached hydrogens (primary N) is 1. The molecule has 0 rings (SSSR count). The Morgan fingerprint density at radius 2 is 2.00 bits per heavy atom. The summed E-state index contributed by atoms with van der Waals surface area (Å²) in [5, 5.41) is 2.89. The highest BCUT2D eigenvalue weighted by molar-refractivity contribution is 5.76. The Labute approximate surface area is 105 Å². The quantitative estimate of drug-likeness (QED) is 0.680. The van der Waals surface area contributed by atoms with Crippen LogP contribution in [-0.4, -0.2) is 31.7 Å². The molecule has 0 bridgehead atoms. The summed E-state index contributed by atoms with van der Waals surface area (Å²) in [4.78, 5) is 11.7. The third-order valence-corrected chi connectivity index (χ3v) is 2.88. The highest BCUT2D eigenvalue weighted by atomic mass is 16.5. The molecular formula is C13H28N2O2. The lowest BCUT2D eigenvalue weighted by Gasteiger charge is -2.24. The second-order valence-electron chi connectivity index (χ2n) is 5.68. The number of carbonyl (C=O) groups is 1. The molecule has 4 nitrogen and oxygen atoms in total. The molecule has 0 radical (unpaired) electrons. The third kappa shape index (κ3) is 8.16. The molecule has 0 aliphatic heterocycles. The zero-order valence-corrected chi connectivity index (χ0v) is 11.9. The van der Waals surface area contributed by atoms with Crippen LogP contribution in [0, 0.1) is 11.8 Å². The fourth-order valence-electron chi connectivity index (χ4n) is 1.65. The van der Waals surface area contributed by atoms with E-state index < -0.39 is 0 Å². The normalized spacial score (nSPS) is 13.8. The van der Waals surface area contributed by atoms with Crippen LogP contribution in [0.15, 0.2) is 0 Å². The molecule has 0 saturated heterocycles. The van der Waals surface area contributed by atoms with Crippen molar-refractivity contribution in [1.82, 2.24) is 5.32 Å². The molecule has 0 aliphatic carbocycles. The highest BCUT2D eigenvalue weighted by Gasteiger charge is 2.19. The molecule has 4 heteroatoms. The van der Waals surface area contributed by atoms with Crippen molar-refractivity contribution in [1.29, 1.82) is 0 Å². The standard InChI is InChI=1S/C13H28N2O2/c1-10(2)6-11(8-14)7-12(16)15-9-13(3,4)17-5/h10-11H,6-9,14H2,1-5H3,(H,15,16). The van der Waals surface area contributed by atoms with Gasteiger partial charge in [0.05, 0.1) is 5.60 Å². The minimum absolute atomic E-state index is 0.0613. The van der Waals surface area contributed by atoms with Gasteiger partial charge in [-0.15, -0.1) is 0 Å². The number of rotatable bonds is 8. The number of amides is 1. The molecule has 0 aliphatic rings. The van der Waals surface area contributed by atoms with Gasteiger partial charge in [0.2, 0.25) is 5.91 Å². The number of hydrogen-bond donors (Lipinski definition) is 2. The van der Waals surface area contributed by atoms with E-state index in [0.29, 0.717) is 25.4 Å². The van der Waals surface area contributed by atoms with Gasteiger partial charge in [-0.2, -0.15) is 0 Å². The average molecular weight is 244 g/mol. The summed E-state index contributed by atoms with van der Waals surface area (Å²) in [5.74, 6) is 0.915. The number of hydrogen-bond acceptors (Lipinski definition) is 3. The maximum Gasteiger partial charge on any atom is 0.220 e. The van der Waals surface area contributed by atoms with Gasteiger partial charge in [-0.3, -0.25) is 4.79 Å². The van der Waals surface area contributed by atoms with E-state index in [2.05, 4.69) is 19.2 Å². The van der Waals surface area contributed by atoms with Crippen molar-refractivity contribution in [2.75, 3.05) is 20.2 Å². The van der Waals surface area contributed by atoms with E-state index in [1.165, 1.54) is 0 Å². The van der Waals surface area contributed by atoms with Gasteiger partial charge in [0.25, 0.3) is 0 Å². The van der Waals surface area contributed by atoms with Crippen LogP contribution in [0.4, 0.5) is 0 Å². The number of carbonyl (C=O) groups excluding carboxylic acids is 1. The summed E-state index contributed by atoms with van der Waals surface area (Å²) < 4.78 is 5.24. The van der Waals surface area contributed by atoms with Gasteiger partial charge in [0.15, 0.2) is 0 Å². The van der Waals surface area contributed by atoms with Crippen molar-refractivity contribution in [2.24, 2.45) is 17.6 Å². The predicted molar refractivity (Wildman–Crippen MR) is 70.7 cm³/mol. The second-order valence-corrected chi connectivity index (χ2v) is 5.68. The Morgan fingerprint density at radius 3 is 2.41 bits per heavy atom. The summed E-state index contributed by atoms with van der Waals surface area (Å²) >= 11 is 0. The van der Waals surface area contributed by atoms with Crippen LogP contribution in [0.1, 0.15) is 40.5 Å². The van der Waals surface area contributed by atoms with Crippen LogP contribution >= 0.6 is 0 Å². The number of nitrogens with one attached hydrogen (secondary N) is 1. The Hall–Kier alpha value is -0.610. The SMILES string of the molecule is COC(C)(C)CNC(=O)CC(CN)CC(C)C. The fourth-order valence-corrected chi connectivity index (χ4v) is 1.65. The lowest BCUT2D eigenvalue weighted by molar-refractivity contribution is -0.123. The summed E-state index contributed by atoms with van der Waals surface area (Å²) in [5.41, 5.74) is 5.36. The predicted octanol–water partition coefficient (Wildman–Crippen LogP) is 1.54. The fraction of sp³-hybridized carbons (Fsp3) is 0.923. The molecule has 0 heterocycles. The van der Waals surface area contributed by atoms with E-state index in [-0.39, 0.29) is 17.4 Å². The third-order valence-electron chi connectivity index (χ3n) is 2.88. The van der Waals surface area contributed by atoms with E-state index in [1.54, 1.807) is 7.11 Å². The van der Waals surface area contributed by atoms with Gasteiger partial charge in [-0.1, -0.05) is 13.8 Å².